The number of nitrogens with one attached hydrogen (secondary N) is 1. The lowest BCUT2D eigenvalue weighted by atomic mass is 10.1. The van der Waals surface area contributed by atoms with Crippen LogP contribution in [-0.2, 0) is 26.2 Å². The molecule has 2 aromatic carbocycles. The first-order chi connectivity index (χ1) is 14.1. The molecule has 30 heavy (non-hydrogen) atoms. The fourth-order valence-corrected chi connectivity index (χ4v) is 4.76. The summed E-state index contributed by atoms with van der Waals surface area (Å²) in [5.41, 5.74) is 1.46. The quantitative estimate of drug-likeness (QED) is 0.622. The minimum absolute atomic E-state index is 0.00422. The SMILES string of the molecule is CN(C)S(=O)(=O)c1cc(C(=O)Nc2ccc(CN3C(=O)CCC3=O)cc2)ccc1Br. The molecule has 1 aliphatic heterocycles. The van der Waals surface area contributed by atoms with Crippen LogP contribution in [0.3, 0.4) is 0 Å². The average Bonchev–Trinajstić information content (AvgIpc) is 3.01. The van der Waals surface area contributed by atoms with Gasteiger partial charge in [-0.1, -0.05) is 12.1 Å². The van der Waals surface area contributed by atoms with E-state index in [1.54, 1.807) is 24.3 Å². The normalized spacial score (nSPS) is 14.5. The van der Waals surface area contributed by atoms with Gasteiger partial charge in [0.25, 0.3) is 5.91 Å². The van der Waals surface area contributed by atoms with E-state index >= 15 is 0 Å². The number of hydrogen-bond donors (Lipinski definition) is 1. The van der Waals surface area contributed by atoms with Crippen LogP contribution >= 0.6 is 15.9 Å². The molecular formula is C20H20BrN3O5S. The van der Waals surface area contributed by atoms with Crippen LogP contribution in [-0.4, -0.2) is 49.4 Å². The number of imide groups is 1. The van der Waals surface area contributed by atoms with E-state index in [2.05, 4.69) is 21.2 Å². The van der Waals surface area contributed by atoms with Crippen LogP contribution in [0.15, 0.2) is 51.8 Å². The Hall–Kier alpha value is -2.56. The van der Waals surface area contributed by atoms with Gasteiger partial charge in [-0.2, -0.15) is 0 Å². The highest BCUT2D eigenvalue weighted by Crippen LogP contribution is 2.26. The van der Waals surface area contributed by atoms with E-state index in [4.69, 9.17) is 0 Å². The summed E-state index contributed by atoms with van der Waals surface area (Å²) >= 11 is 3.21. The molecule has 3 rings (SSSR count). The molecular weight excluding hydrogens is 474 g/mol. The second-order valence-electron chi connectivity index (χ2n) is 6.96. The van der Waals surface area contributed by atoms with Crippen molar-refractivity contribution in [3.63, 3.8) is 0 Å². The molecule has 1 N–H and O–H groups in total. The van der Waals surface area contributed by atoms with Crippen molar-refractivity contribution in [2.24, 2.45) is 0 Å². The van der Waals surface area contributed by atoms with Crippen molar-refractivity contribution < 1.29 is 22.8 Å². The van der Waals surface area contributed by atoms with Crippen molar-refractivity contribution in [1.29, 1.82) is 0 Å². The minimum atomic E-state index is -3.72. The zero-order chi connectivity index (χ0) is 22.1. The fourth-order valence-electron chi connectivity index (χ4n) is 2.92. The van der Waals surface area contributed by atoms with Crippen LogP contribution in [0.4, 0.5) is 5.69 Å². The fraction of sp³-hybridized carbons (Fsp3) is 0.250. The molecule has 2 aromatic rings. The summed E-state index contributed by atoms with van der Waals surface area (Å²) in [6.45, 7) is 0.199. The van der Waals surface area contributed by atoms with Gasteiger partial charge in [-0.25, -0.2) is 12.7 Å². The molecule has 0 spiro atoms. The number of amides is 3. The maximum absolute atomic E-state index is 12.6. The summed E-state index contributed by atoms with van der Waals surface area (Å²) in [5.74, 6) is -0.831. The number of likely N-dealkylation sites (tertiary alicyclic amines) is 1. The zero-order valence-corrected chi connectivity index (χ0v) is 18.8. The lowest BCUT2D eigenvalue weighted by molar-refractivity contribution is -0.139. The highest BCUT2D eigenvalue weighted by Gasteiger charge is 2.28. The Balaban J connectivity index is 1.73. The highest BCUT2D eigenvalue weighted by molar-refractivity contribution is 9.10. The monoisotopic (exact) mass is 493 g/mol. The van der Waals surface area contributed by atoms with Crippen molar-refractivity contribution in [2.45, 2.75) is 24.3 Å². The number of carbonyl (C=O) groups excluding carboxylic acids is 3. The first-order valence-electron chi connectivity index (χ1n) is 9.05. The number of benzene rings is 2. The van der Waals surface area contributed by atoms with Crippen LogP contribution in [0.25, 0.3) is 0 Å². The van der Waals surface area contributed by atoms with E-state index in [0.717, 1.165) is 9.87 Å². The molecule has 0 aliphatic carbocycles. The number of nitrogens with zero attached hydrogens (tertiary/aromatic N) is 2. The Morgan fingerprint density at radius 3 is 2.23 bits per heavy atom. The molecule has 0 saturated carbocycles. The summed E-state index contributed by atoms with van der Waals surface area (Å²) < 4.78 is 26.3. The van der Waals surface area contributed by atoms with Gasteiger partial charge >= 0.3 is 0 Å². The van der Waals surface area contributed by atoms with Gasteiger partial charge in [0.15, 0.2) is 0 Å². The number of hydrogen-bond acceptors (Lipinski definition) is 5. The molecule has 0 bridgehead atoms. The smallest absolute Gasteiger partial charge is 0.255 e. The number of anilines is 1. The Morgan fingerprint density at radius 2 is 1.67 bits per heavy atom. The minimum Gasteiger partial charge on any atom is -0.322 e. The maximum Gasteiger partial charge on any atom is 0.255 e. The van der Waals surface area contributed by atoms with Gasteiger partial charge in [0, 0.05) is 42.7 Å². The van der Waals surface area contributed by atoms with Crippen LogP contribution in [0.1, 0.15) is 28.8 Å². The third-order valence-electron chi connectivity index (χ3n) is 4.66. The topological polar surface area (TPSA) is 104 Å². The summed E-state index contributed by atoms with van der Waals surface area (Å²) in [4.78, 5) is 37.3. The van der Waals surface area contributed by atoms with Crippen LogP contribution < -0.4 is 5.32 Å². The summed E-state index contributed by atoms with van der Waals surface area (Å²) in [7, 11) is -0.884. The number of sulfonamides is 1. The highest BCUT2D eigenvalue weighted by atomic mass is 79.9. The van der Waals surface area contributed by atoms with Gasteiger partial charge < -0.3 is 5.32 Å². The van der Waals surface area contributed by atoms with Crippen molar-refractivity contribution in [2.75, 3.05) is 19.4 Å². The Morgan fingerprint density at radius 1 is 1.07 bits per heavy atom. The molecule has 0 atom stereocenters. The van der Waals surface area contributed by atoms with Gasteiger partial charge in [0.05, 0.1) is 11.4 Å². The second kappa shape index (κ2) is 8.66. The van der Waals surface area contributed by atoms with Crippen LogP contribution in [0.5, 0.6) is 0 Å². The predicted molar refractivity (Wildman–Crippen MR) is 114 cm³/mol. The van der Waals surface area contributed by atoms with E-state index in [1.807, 2.05) is 0 Å². The first kappa shape index (κ1) is 22.1. The third-order valence-corrected chi connectivity index (χ3v) is 7.47. The number of halogens is 1. The van der Waals surface area contributed by atoms with E-state index in [9.17, 15) is 22.8 Å². The van der Waals surface area contributed by atoms with E-state index in [0.29, 0.717) is 10.2 Å². The van der Waals surface area contributed by atoms with Crippen LogP contribution in [0, 0.1) is 0 Å². The standard InChI is InChI=1S/C20H20BrN3O5S/c1-23(2)30(28,29)17-11-14(5-8-16(17)21)20(27)22-15-6-3-13(4-7-15)12-24-18(25)9-10-19(24)26/h3-8,11H,9-10,12H2,1-2H3,(H,22,27). The summed E-state index contributed by atoms with van der Waals surface area (Å²) in [5, 5.41) is 2.71. The Labute approximate surface area is 183 Å². The lowest BCUT2D eigenvalue weighted by Gasteiger charge is -2.15. The van der Waals surface area contributed by atoms with Gasteiger partial charge in [-0.15, -0.1) is 0 Å². The lowest BCUT2D eigenvalue weighted by Crippen LogP contribution is -2.28. The van der Waals surface area contributed by atoms with E-state index < -0.39 is 15.9 Å². The molecule has 1 aliphatic rings. The molecule has 0 radical (unpaired) electrons. The third kappa shape index (κ3) is 4.61. The summed E-state index contributed by atoms with van der Waals surface area (Å²) in [6.07, 6.45) is 0.484. The molecule has 1 heterocycles. The van der Waals surface area contributed by atoms with Gasteiger partial charge in [0.2, 0.25) is 21.8 Å². The van der Waals surface area contributed by atoms with Crippen molar-refractivity contribution in [3.05, 3.63) is 58.1 Å². The van der Waals surface area contributed by atoms with Crippen molar-refractivity contribution >= 4 is 49.4 Å². The van der Waals surface area contributed by atoms with E-state index in [-0.39, 0.29) is 41.7 Å². The zero-order valence-electron chi connectivity index (χ0n) is 16.4. The van der Waals surface area contributed by atoms with Crippen molar-refractivity contribution in [1.82, 2.24) is 9.21 Å². The molecule has 158 valence electrons. The molecule has 1 saturated heterocycles. The summed E-state index contributed by atoms with van der Waals surface area (Å²) in [6, 6.07) is 11.1. The number of rotatable bonds is 6. The first-order valence-corrected chi connectivity index (χ1v) is 11.3. The molecule has 8 nitrogen and oxygen atoms in total. The second-order valence-corrected chi connectivity index (χ2v) is 9.93. The van der Waals surface area contributed by atoms with Gasteiger partial charge in [0.1, 0.15) is 0 Å². The Kier molecular flexibility index (Phi) is 6.39. The molecule has 10 heteroatoms. The largest absolute Gasteiger partial charge is 0.322 e. The molecule has 1 fully saturated rings. The number of carbonyl (C=O) groups is 3. The van der Waals surface area contributed by atoms with Crippen molar-refractivity contribution in [3.8, 4) is 0 Å². The molecule has 3 amide bonds. The van der Waals surface area contributed by atoms with Gasteiger partial charge in [-0.05, 0) is 51.8 Å². The van der Waals surface area contributed by atoms with Gasteiger partial charge in [-0.3, -0.25) is 19.3 Å². The molecule has 0 unspecified atom stereocenters. The van der Waals surface area contributed by atoms with Crippen LogP contribution in [0.2, 0.25) is 0 Å². The predicted octanol–water partition coefficient (Wildman–Crippen LogP) is 2.60. The van der Waals surface area contributed by atoms with E-state index in [1.165, 1.54) is 37.2 Å². The molecule has 0 aromatic heterocycles. The average molecular weight is 494 g/mol. The Bertz CT molecular complexity index is 1100. The maximum atomic E-state index is 12.6.